The van der Waals surface area contributed by atoms with Crippen LogP contribution in [-0.4, -0.2) is 60.0 Å². The highest BCUT2D eigenvalue weighted by Gasteiger charge is 2.31. The predicted octanol–water partition coefficient (Wildman–Crippen LogP) is 5.40. The number of carbonyl (C=O) groups is 4. The molecule has 10 heteroatoms. The zero-order valence-corrected chi connectivity index (χ0v) is 25.9. The second-order valence-electron chi connectivity index (χ2n) is 12.0. The quantitative estimate of drug-likeness (QED) is 0.189. The summed E-state index contributed by atoms with van der Waals surface area (Å²) in [7, 11) is 0. The van der Waals surface area contributed by atoms with Gasteiger partial charge in [0.05, 0.1) is 0 Å². The number of alkyl carbamates (subject to hydrolysis) is 2. The smallest absolute Gasteiger partial charge is 0.407 e. The van der Waals surface area contributed by atoms with Gasteiger partial charge in [0.2, 0.25) is 5.91 Å². The molecule has 10 nitrogen and oxygen atoms in total. The first kappa shape index (κ1) is 33.0. The molecule has 1 aliphatic rings. The van der Waals surface area contributed by atoms with E-state index in [1.165, 1.54) is 0 Å². The number of carbonyl (C=O) groups excluding carboxylic acids is 3. The first-order valence-electron chi connectivity index (χ1n) is 15.2. The second-order valence-corrected chi connectivity index (χ2v) is 12.0. The van der Waals surface area contributed by atoms with E-state index in [4.69, 9.17) is 9.47 Å². The number of rotatable bonds is 13. The molecule has 0 aromatic heterocycles. The van der Waals surface area contributed by atoms with Crippen LogP contribution >= 0.6 is 0 Å². The number of fused-ring (bicyclic) bond motifs is 3. The third-order valence-corrected chi connectivity index (χ3v) is 7.44. The molecule has 45 heavy (non-hydrogen) atoms. The number of carboxylic acid groups (broad SMARTS) is 1. The maximum absolute atomic E-state index is 13.4. The summed E-state index contributed by atoms with van der Waals surface area (Å²) in [5.74, 6) is -1.97. The van der Waals surface area contributed by atoms with Crippen molar-refractivity contribution in [2.75, 3.05) is 13.2 Å². The Morgan fingerprint density at radius 3 is 1.98 bits per heavy atom. The second kappa shape index (κ2) is 15.2. The van der Waals surface area contributed by atoms with Crippen molar-refractivity contribution in [2.24, 2.45) is 0 Å². The molecular weight excluding hydrogens is 574 g/mol. The van der Waals surface area contributed by atoms with E-state index in [-0.39, 0.29) is 25.4 Å². The fourth-order valence-electron chi connectivity index (χ4n) is 5.35. The largest absolute Gasteiger partial charge is 0.480 e. The summed E-state index contributed by atoms with van der Waals surface area (Å²) >= 11 is 0. The van der Waals surface area contributed by atoms with Gasteiger partial charge in [0, 0.05) is 18.9 Å². The molecule has 0 saturated carbocycles. The van der Waals surface area contributed by atoms with E-state index in [0.29, 0.717) is 19.4 Å². The number of aliphatic carboxylic acids is 1. The SMILES string of the molecule is CC(C)(C)OC(=O)NCCCC[C@H](NC(=O)[C@H](Cc1ccccc1)NC(=O)OCC1c2ccccc2-c2ccccc21)C(=O)O. The first-order chi connectivity index (χ1) is 21.5. The van der Waals surface area contributed by atoms with Crippen molar-refractivity contribution in [3.8, 4) is 11.1 Å². The zero-order valence-electron chi connectivity index (χ0n) is 25.9. The van der Waals surface area contributed by atoms with Crippen molar-refractivity contribution in [3.63, 3.8) is 0 Å². The minimum Gasteiger partial charge on any atom is -0.480 e. The Morgan fingerprint density at radius 2 is 1.38 bits per heavy atom. The van der Waals surface area contributed by atoms with Gasteiger partial charge >= 0.3 is 18.2 Å². The first-order valence-corrected chi connectivity index (χ1v) is 15.2. The van der Waals surface area contributed by atoms with Crippen molar-refractivity contribution in [1.29, 1.82) is 0 Å². The van der Waals surface area contributed by atoms with Gasteiger partial charge in [-0.05, 0) is 67.9 Å². The molecule has 238 valence electrons. The van der Waals surface area contributed by atoms with Gasteiger partial charge in [-0.1, -0.05) is 78.9 Å². The van der Waals surface area contributed by atoms with Crippen LogP contribution in [-0.2, 0) is 25.5 Å². The van der Waals surface area contributed by atoms with Crippen molar-refractivity contribution < 1.29 is 33.8 Å². The Morgan fingerprint density at radius 1 is 0.778 bits per heavy atom. The van der Waals surface area contributed by atoms with Gasteiger partial charge in [0.25, 0.3) is 0 Å². The molecule has 0 fully saturated rings. The molecule has 1 aliphatic carbocycles. The van der Waals surface area contributed by atoms with E-state index in [1.807, 2.05) is 78.9 Å². The molecule has 0 bridgehead atoms. The van der Waals surface area contributed by atoms with Crippen LogP contribution < -0.4 is 16.0 Å². The molecule has 3 aromatic rings. The Labute approximate surface area is 263 Å². The van der Waals surface area contributed by atoms with Gasteiger partial charge in [-0.15, -0.1) is 0 Å². The normalized spacial score (nSPS) is 13.5. The van der Waals surface area contributed by atoms with Crippen molar-refractivity contribution in [1.82, 2.24) is 16.0 Å². The van der Waals surface area contributed by atoms with Gasteiger partial charge in [-0.3, -0.25) is 4.79 Å². The van der Waals surface area contributed by atoms with Crippen LogP contribution in [0.15, 0.2) is 78.9 Å². The van der Waals surface area contributed by atoms with Crippen LogP contribution in [0.5, 0.6) is 0 Å². The van der Waals surface area contributed by atoms with E-state index in [2.05, 4.69) is 16.0 Å². The molecule has 0 saturated heterocycles. The molecule has 0 aliphatic heterocycles. The van der Waals surface area contributed by atoms with Crippen molar-refractivity contribution in [3.05, 3.63) is 95.6 Å². The molecule has 3 amide bonds. The van der Waals surface area contributed by atoms with E-state index in [0.717, 1.165) is 27.8 Å². The van der Waals surface area contributed by atoms with E-state index >= 15 is 0 Å². The average molecular weight is 616 g/mol. The highest BCUT2D eigenvalue weighted by Crippen LogP contribution is 2.44. The van der Waals surface area contributed by atoms with Gasteiger partial charge in [0.15, 0.2) is 0 Å². The molecule has 4 rings (SSSR count). The van der Waals surface area contributed by atoms with Crippen LogP contribution in [0.2, 0.25) is 0 Å². The van der Waals surface area contributed by atoms with E-state index in [9.17, 15) is 24.3 Å². The predicted molar refractivity (Wildman–Crippen MR) is 170 cm³/mol. The number of benzene rings is 3. The number of ether oxygens (including phenoxy) is 2. The number of unbranched alkanes of at least 4 members (excludes halogenated alkanes) is 1. The molecule has 0 heterocycles. The maximum atomic E-state index is 13.4. The van der Waals surface area contributed by atoms with Crippen LogP contribution in [0.1, 0.15) is 62.6 Å². The summed E-state index contributed by atoms with van der Waals surface area (Å²) in [5.41, 5.74) is 4.50. The molecular formula is C35H41N3O7. The molecule has 3 aromatic carbocycles. The highest BCUT2D eigenvalue weighted by atomic mass is 16.6. The summed E-state index contributed by atoms with van der Waals surface area (Å²) in [6, 6.07) is 22.9. The lowest BCUT2D eigenvalue weighted by atomic mass is 9.98. The number of carboxylic acids is 1. The minimum atomic E-state index is -1.19. The van der Waals surface area contributed by atoms with Gasteiger partial charge in [0.1, 0.15) is 24.3 Å². The molecule has 4 N–H and O–H groups in total. The topological polar surface area (TPSA) is 143 Å². The Bertz CT molecular complexity index is 1440. The monoisotopic (exact) mass is 615 g/mol. The number of hydrogen-bond donors (Lipinski definition) is 4. The van der Waals surface area contributed by atoms with Crippen LogP contribution in [0.25, 0.3) is 11.1 Å². The van der Waals surface area contributed by atoms with Gasteiger partial charge in [-0.2, -0.15) is 0 Å². The summed E-state index contributed by atoms with van der Waals surface area (Å²) < 4.78 is 10.9. The fraction of sp³-hybridized carbons (Fsp3) is 0.371. The van der Waals surface area contributed by atoms with E-state index < -0.39 is 41.7 Å². The average Bonchev–Trinajstić information content (AvgIpc) is 3.32. The zero-order chi connectivity index (χ0) is 32.4. The number of hydrogen-bond acceptors (Lipinski definition) is 6. The van der Waals surface area contributed by atoms with Crippen LogP contribution in [0, 0.1) is 0 Å². The summed E-state index contributed by atoms with van der Waals surface area (Å²) in [6.07, 6.45) is -0.120. The Kier molecular flexibility index (Phi) is 11.2. The third kappa shape index (κ3) is 9.56. The molecule has 2 atom stereocenters. The number of amides is 3. The fourth-order valence-corrected chi connectivity index (χ4v) is 5.35. The van der Waals surface area contributed by atoms with E-state index in [1.54, 1.807) is 20.8 Å². The maximum Gasteiger partial charge on any atom is 0.407 e. The summed E-state index contributed by atoms with van der Waals surface area (Å²) in [6.45, 7) is 5.67. The standard InChI is InChI=1S/C35H41N3O7/c1-35(2,3)45-33(42)36-20-12-11-19-29(32(40)41)37-31(39)30(21-23-13-5-4-6-14-23)38-34(43)44-22-28-26-17-9-7-15-24(26)25-16-8-10-18-27(25)28/h4-10,13-18,28-30H,11-12,19-22H2,1-3H3,(H,36,42)(H,37,39)(H,38,43)(H,40,41)/t29-,30-/m0/s1. The lowest BCUT2D eigenvalue weighted by Gasteiger charge is -2.22. The van der Waals surface area contributed by atoms with Crippen LogP contribution in [0.4, 0.5) is 9.59 Å². The highest BCUT2D eigenvalue weighted by molar-refractivity contribution is 5.89. The lowest BCUT2D eigenvalue weighted by molar-refractivity contribution is -0.142. The van der Waals surface area contributed by atoms with Crippen LogP contribution in [0.3, 0.4) is 0 Å². The van der Waals surface area contributed by atoms with Crippen molar-refractivity contribution >= 4 is 24.1 Å². The Balaban J connectivity index is 1.35. The van der Waals surface area contributed by atoms with Gasteiger partial charge in [-0.25, -0.2) is 14.4 Å². The molecule has 0 radical (unpaired) electrons. The molecule has 0 spiro atoms. The lowest BCUT2D eigenvalue weighted by Crippen LogP contribution is -2.52. The molecule has 0 unspecified atom stereocenters. The van der Waals surface area contributed by atoms with Gasteiger partial charge < -0.3 is 30.5 Å². The Hall–Kier alpha value is -4.86. The number of nitrogens with one attached hydrogen (secondary N) is 3. The van der Waals surface area contributed by atoms with Crippen molar-refractivity contribution in [2.45, 2.75) is 70.1 Å². The summed E-state index contributed by atoms with van der Waals surface area (Å²) in [5, 5.41) is 17.7. The third-order valence-electron chi connectivity index (χ3n) is 7.44. The minimum absolute atomic E-state index is 0.0780. The summed E-state index contributed by atoms with van der Waals surface area (Å²) in [4.78, 5) is 50.3.